The van der Waals surface area contributed by atoms with Gasteiger partial charge in [0.05, 0.1) is 6.61 Å². The second-order valence-corrected chi connectivity index (χ2v) is 4.63. The summed E-state index contributed by atoms with van der Waals surface area (Å²) in [5.41, 5.74) is 0. The van der Waals surface area contributed by atoms with Crippen molar-refractivity contribution in [2.45, 2.75) is 25.3 Å². The summed E-state index contributed by atoms with van der Waals surface area (Å²) in [6.07, 6.45) is 2.96. The topological polar surface area (TPSA) is 70.0 Å². The maximum atomic E-state index is 10.3. The lowest BCUT2D eigenvalue weighted by atomic mass is 10.2. The van der Waals surface area contributed by atoms with Gasteiger partial charge < -0.3 is 14.7 Å². The minimum atomic E-state index is -4.26. The molecule has 1 aliphatic heterocycles. The molecule has 5 nitrogen and oxygen atoms in total. The molecule has 13 heavy (non-hydrogen) atoms. The van der Waals surface area contributed by atoms with Crippen LogP contribution in [-0.4, -0.2) is 40.9 Å². The van der Waals surface area contributed by atoms with Crippen LogP contribution in [0.5, 0.6) is 0 Å². The third-order valence-electron chi connectivity index (χ3n) is 2.38. The molecule has 0 amide bonds. The molecule has 1 aliphatic rings. The Bertz CT molecular complexity index is 205. The second-order valence-electron chi connectivity index (χ2n) is 3.39. The Balaban J connectivity index is 2.16. The van der Waals surface area contributed by atoms with Gasteiger partial charge in [0.2, 0.25) is 0 Å². The van der Waals surface area contributed by atoms with Crippen LogP contribution in [0.1, 0.15) is 19.3 Å². The van der Waals surface area contributed by atoms with Gasteiger partial charge in [0.25, 0.3) is 0 Å². The van der Waals surface area contributed by atoms with Crippen LogP contribution in [0.4, 0.5) is 0 Å². The Morgan fingerprint density at radius 2 is 2.31 bits per heavy atom. The average Bonchev–Trinajstić information content (AvgIpc) is 2.34. The van der Waals surface area contributed by atoms with Gasteiger partial charge in [-0.05, 0) is 32.9 Å². The smallest absolute Gasteiger partial charge is 0.303 e. The summed E-state index contributed by atoms with van der Waals surface area (Å²) >= 11 is 0. The van der Waals surface area contributed by atoms with E-state index in [2.05, 4.69) is 9.42 Å². The van der Waals surface area contributed by atoms with E-state index in [0.717, 1.165) is 19.4 Å². The number of likely N-dealkylation sites (tertiary alicyclic amines) is 1. The van der Waals surface area contributed by atoms with Gasteiger partial charge in [0.15, 0.2) is 0 Å². The molecule has 1 atom stereocenters. The van der Waals surface area contributed by atoms with Crippen LogP contribution in [0, 0.1) is 0 Å². The van der Waals surface area contributed by atoms with Gasteiger partial charge in [-0.3, -0.25) is 4.52 Å². The number of hydrogen-bond acceptors (Lipinski definition) is 3. The molecule has 6 heteroatoms. The highest BCUT2D eigenvalue weighted by Gasteiger charge is 2.22. The highest BCUT2D eigenvalue weighted by atomic mass is 31.2. The van der Waals surface area contributed by atoms with E-state index in [1.165, 1.54) is 0 Å². The molecule has 0 aromatic rings. The Kier molecular flexibility index (Phi) is 3.88. The largest absolute Gasteiger partial charge is 0.469 e. The minimum absolute atomic E-state index is 0.138. The van der Waals surface area contributed by atoms with Crippen molar-refractivity contribution in [1.82, 2.24) is 4.90 Å². The van der Waals surface area contributed by atoms with Crippen molar-refractivity contribution in [2.24, 2.45) is 0 Å². The highest BCUT2D eigenvalue weighted by Crippen LogP contribution is 2.36. The summed E-state index contributed by atoms with van der Waals surface area (Å²) < 4.78 is 14.7. The van der Waals surface area contributed by atoms with E-state index in [9.17, 15) is 4.57 Å². The molecule has 1 saturated heterocycles. The summed E-state index contributed by atoms with van der Waals surface area (Å²) in [5.74, 6) is 0. The van der Waals surface area contributed by atoms with E-state index in [1.54, 1.807) is 0 Å². The highest BCUT2D eigenvalue weighted by molar-refractivity contribution is 7.46. The normalized spacial score (nSPS) is 25.3. The Labute approximate surface area is 77.9 Å². The van der Waals surface area contributed by atoms with Crippen molar-refractivity contribution >= 4 is 7.82 Å². The average molecular weight is 209 g/mol. The number of nitrogens with zero attached hydrogens (tertiary/aromatic N) is 1. The standard InChI is InChI=1S/C7H16NO4P/c1-8-5-2-3-7(8)4-6-12-13(9,10)11/h7H,2-6H2,1H3,(H2,9,10,11)/t7-/m0/s1. The molecule has 0 saturated carbocycles. The van der Waals surface area contributed by atoms with Crippen molar-refractivity contribution in [3.63, 3.8) is 0 Å². The van der Waals surface area contributed by atoms with Gasteiger partial charge in [-0.15, -0.1) is 0 Å². The van der Waals surface area contributed by atoms with Crippen LogP contribution in [0.3, 0.4) is 0 Å². The fraction of sp³-hybridized carbons (Fsp3) is 1.00. The predicted molar refractivity (Wildman–Crippen MR) is 48.3 cm³/mol. The van der Waals surface area contributed by atoms with Crippen LogP contribution in [0.15, 0.2) is 0 Å². The monoisotopic (exact) mass is 209 g/mol. The summed E-state index contributed by atoms with van der Waals surface area (Å²) in [6.45, 7) is 1.21. The van der Waals surface area contributed by atoms with E-state index in [0.29, 0.717) is 12.5 Å². The Hall–Kier alpha value is 0.0700. The van der Waals surface area contributed by atoms with Crippen LogP contribution in [0.25, 0.3) is 0 Å². The first-order valence-electron chi connectivity index (χ1n) is 4.39. The number of rotatable bonds is 4. The van der Waals surface area contributed by atoms with E-state index in [4.69, 9.17) is 9.79 Å². The lowest BCUT2D eigenvalue weighted by molar-refractivity contribution is 0.173. The van der Waals surface area contributed by atoms with Crippen molar-refractivity contribution < 1.29 is 18.9 Å². The van der Waals surface area contributed by atoms with Crippen LogP contribution < -0.4 is 0 Å². The molecule has 0 aromatic carbocycles. The van der Waals surface area contributed by atoms with Gasteiger partial charge in [-0.25, -0.2) is 4.57 Å². The van der Waals surface area contributed by atoms with Crippen molar-refractivity contribution in [2.75, 3.05) is 20.2 Å². The van der Waals surface area contributed by atoms with Gasteiger partial charge in [0.1, 0.15) is 0 Å². The zero-order valence-electron chi connectivity index (χ0n) is 7.72. The maximum absolute atomic E-state index is 10.3. The Morgan fingerprint density at radius 1 is 1.62 bits per heavy atom. The molecule has 78 valence electrons. The molecular weight excluding hydrogens is 193 g/mol. The lowest BCUT2D eigenvalue weighted by Crippen LogP contribution is -2.25. The van der Waals surface area contributed by atoms with Crippen molar-refractivity contribution in [3.05, 3.63) is 0 Å². The molecular formula is C7H16NO4P. The molecule has 1 rings (SSSR count). The van der Waals surface area contributed by atoms with E-state index >= 15 is 0 Å². The second kappa shape index (κ2) is 4.53. The van der Waals surface area contributed by atoms with E-state index < -0.39 is 7.82 Å². The van der Waals surface area contributed by atoms with Gasteiger partial charge >= 0.3 is 7.82 Å². The van der Waals surface area contributed by atoms with Crippen LogP contribution >= 0.6 is 7.82 Å². The third-order valence-corrected chi connectivity index (χ3v) is 2.90. The molecule has 1 fully saturated rings. The fourth-order valence-electron chi connectivity index (χ4n) is 1.65. The molecule has 2 N–H and O–H groups in total. The molecule has 0 radical (unpaired) electrons. The fourth-order valence-corrected chi connectivity index (χ4v) is 1.99. The molecule has 0 aliphatic carbocycles. The SMILES string of the molecule is CN1CCC[C@H]1CCOP(=O)(O)O. The summed E-state index contributed by atoms with van der Waals surface area (Å²) in [5, 5.41) is 0. The van der Waals surface area contributed by atoms with Crippen molar-refractivity contribution in [1.29, 1.82) is 0 Å². The van der Waals surface area contributed by atoms with Crippen LogP contribution in [-0.2, 0) is 9.09 Å². The molecule has 1 heterocycles. The minimum Gasteiger partial charge on any atom is -0.303 e. The summed E-state index contributed by atoms with van der Waals surface area (Å²) in [7, 11) is -2.24. The van der Waals surface area contributed by atoms with Gasteiger partial charge in [0, 0.05) is 6.04 Å². The Morgan fingerprint density at radius 3 is 2.77 bits per heavy atom. The summed E-state index contributed by atoms with van der Waals surface area (Å²) in [6, 6.07) is 0.423. The molecule has 0 unspecified atom stereocenters. The van der Waals surface area contributed by atoms with Crippen LogP contribution in [0.2, 0.25) is 0 Å². The van der Waals surface area contributed by atoms with Gasteiger partial charge in [-0.1, -0.05) is 0 Å². The third kappa shape index (κ3) is 4.20. The van der Waals surface area contributed by atoms with Gasteiger partial charge in [-0.2, -0.15) is 0 Å². The quantitative estimate of drug-likeness (QED) is 0.663. The first-order chi connectivity index (χ1) is 5.99. The van der Waals surface area contributed by atoms with E-state index in [-0.39, 0.29) is 6.61 Å². The molecule has 0 aromatic heterocycles. The number of phosphoric ester groups is 1. The first kappa shape index (κ1) is 11.1. The lowest BCUT2D eigenvalue weighted by Gasteiger charge is -2.18. The number of phosphoric acid groups is 1. The van der Waals surface area contributed by atoms with E-state index in [1.807, 2.05) is 7.05 Å². The number of hydrogen-bond donors (Lipinski definition) is 2. The predicted octanol–water partition coefficient (Wildman–Crippen LogP) is 0.580. The first-order valence-corrected chi connectivity index (χ1v) is 5.92. The summed E-state index contributed by atoms with van der Waals surface area (Å²) in [4.78, 5) is 19.1. The zero-order valence-corrected chi connectivity index (χ0v) is 8.61. The molecule has 0 spiro atoms. The zero-order chi connectivity index (χ0) is 9.90. The van der Waals surface area contributed by atoms with Crippen molar-refractivity contribution in [3.8, 4) is 0 Å². The maximum Gasteiger partial charge on any atom is 0.469 e. The molecule has 0 bridgehead atoms.